The Bertz CT molecular complexity index is 124. The highest BCUT2D eigenvalue weighted by Gasteiger charge is 2.13. The molecule has 0 aromatic rings. The van der Waals surface area contributed by atoms with E-state index in [1.54, 1.807) is 0 Å². The molecule has 1 unspecified atom stereocenters. The SMILES string of the molecule is CCN(CC)CC(N)C(=O)O. The normalized spacial score (nSPS) is 13.5. The molecular weight excluding hydrogens is 144 g/mol. The van der Waals surface area contributed by atoms with Gasteiger partial charge in [-0.05, 0) is 13.1 Å². The van der Waals surface area contributed by atoms with Crippen molar-refractivity contribution in [3.8, 4) is 0 Å². The Balaban J connectivity index is 3.71. The predicted octanol–water partition coefficient (Wildman–Crippen LogP) is -0.260. The first-order valence-electron chi connectivity index (χ1n) is 3.82. The molecule has 4 nitrogen and oxygen atoms in total. The average Bonchev–Trinajstić information content (AvgIpc) is 1.99. The maximum absolute atomic E-state index is 10.3. The standard InChI is InChI=1S/C7H16N2O2/c1-3-9(4-2)5-6(8)7(10)11/h6H,3-5,8H2,1-2H3,(H,10,11). The van der Waals surface area contributed by atoms with Gasteiger partial charge in [0.1, 0.15) is 6.04 Å². The largest absolute Gasteiger partial charge is 0.480 e. The summed E-state index contributed by atoms with van der Waals surface area (Å²) in [5.74, 6) is -0.933. The zero-order valence-electron chi connectivity index (χ0n) is 7.08. The number of carboxylic acids is 1. The molecule has 0 radical (unpaired) electrons. The first kappa shape index (κ1) is 10.4. The average molecular weight is 160 g/mol. The molecule has 1 atom stereocenters. The molecule has 0 heterocycles. The summed E-state index contributed by atoms with van der Waals surface area (Å²) in [4.78, 5) is 12.3. The minimum Gasteiger partial charge on any atom is -0.480 e. The number of aliphatic carboxylic acids is 1. The number of hydrogen-bond donors (Lipinski definition) is 2. The van der Waals surface area contributed by atoms with Gasteiger partial charge < -0.3 is 15.7 Å². The molecule has 0 aromatic carbocycles. The third-order valence-electron chi connectivity index (χ3n) is 1.67. The maximum atomic E-state index is 10.3. The van der Waals surface area contributed by atoms with Gasteiger partial charge in [-0.25, -0.2) is 0 Å². The fourth-order valence-corrected chi connectivity index (χ4v) is 0.838. The molecule has 0 aliphatic rings. The second-order valence-electron chi connectivity index (χ2n) is 2.43. The summed E-state index contributed by atoms with van der Waals surface area (Å²) in [6, 6.07) is -0.755. The highest BCUT2D eigenvalue weighted by molar-refractivity contribution is 5.73. The molecule has 0 spiro atoms. The van der Waals surface area contributed by atoms with Crippen LogP contribution in [0.4, 0.5) is 0 Å². The Hall–Kier alpha value is -0.610. The fourth-order valence-electron chi connectivity index (χ4n) is 0.838. The first-order valence-corrected chi connectivity index (χ1v) is 3.82. The van der Waals surface area contributed by atoms with Crippen LogP contribution >= 0.6 is 0 Å². The van der Waals surface area contributed by atoms with Crippen molar-refractivity contribution >= 4 is 5.97 Å². The van der Waals surface area contributed by atoms with E-state index in [1.807, 2.05) is 18.7 Å². The lowest BCUT2D eigenvalue weighted by molar-refractivity contribution is -0.138. The van der Waals surface area contributed by atoms with Crippen LogP contribution in [0.5, 0.6) is 0 Å². The van der Waals surface area contributed by atoms with Crippen LogP contribution in [0.2, 0.25) is 0 Å². The second kappa shape index (κ2) is 5.09. The molecule has 66 valence electrons. The van der Waals surface area contributed by atoms with E-state index in [4.69, 9.17) is 10.8 Å². The van der Waals surface area contributed by atoms with Gasteiger partial charge >= 0.3 is 5.97 Å². The van der Waals surface area contributed by atoms with E-state index in [-0.39, 0.29) is 0 Å². The summed E-state index contributed by atoms with van der Waals surface area (Å²) >= 11 is 0. The summed E-state index contributed by atoms with van der Waals surface area (Å²) < 4.78 is 0. The van der Waals surface area contributed by atoms with Gasteiger partial charge in [-0.15, -0.1) is 0 Å². The van der Waals surface area contributed by atoms with Crippen LogP contribution in [0.15, 0.2) is 0 Å². The lowest BCUT2D eigenvalue weighted by Crippen LogP contribution is -2.42. The van der Waals surface area contributed by atoms with Crippen LogP contribution in [-0.2, 0) is 4.79 Å². The van der Waals surface area contributed by atoms with Crippen molar-refractivity contribution in [2.75, 3.05) is 19.6 Å². The zero-order valence-corrected chi connectivity index (χ0v) is 7.08. The van der Waals surface area contributed by atoms with Crippen LogP contribution < -0.4 is 5.73 Å². The van der Waals surface area contributed by atoms with Crippen LogP contribution in [0.25, 0.3) is 0 Å². The van der Waals surface area contributed by atoms with E-state index in [2.05, 4.69) is 0 Å². The van der Waals surface area contributed by atoms with Crippen molar-refractivity contribution in [1.82, 2.24) is 4.90 Å². The molecule has 4 heteroatoms. The van der Waals surface area contributed by atoms with E-state index >= 15 is 0 Å². The number of carbonyl (C=O) groups is 1. The molecule has 3 N–H and O–H groups in total. The summed E-state index contributed by atoms with van der Waals surface area (Å²) in [5, 5.41) is 8.47. The first-order chi connectivity index (χ1) is 5.11. The van der Waals surface area contributed by atoms with Gasteiger partial charge in [0.2, 0.25) is 0 Å². The molecule has 0 aromatic heterocycles. The molecule has 0 rings (SSSR count). The Morgan fingerprint density at radius 3 is 2.27 bits per heavy atom. The fraction of sp³-hybridized carbons (Fsp3) is 0.857. The molecule has 0 amide bonds. The lowest BCUT2D eigenvalue weighted by atomic mass is 10.3. The smallest absolute Gasteiger partial charge is 0.321 e. The van der Waals surface area contributed by atoms with Crippen molar-refractivity contribution < 1.29 is 9.90 Å². The highest BCUT2D eigenvalue weighted by atomic mass is 16.4. The van der Waals surface area contributed by atoms with Crippen molar-refractivity contribution in [2.24, 2.45) is 5.73 Å². The van der Waals surface area contributed by atoms with Crippen LogP contribution in [0.1, 0.15) is 13.8 Å². The summed E-state index contributed by atoms with van der Waals surface area (Å²) in [5.41, 5.74) is 5.33. The predicted molar refractivity (Wildman–Crippen MR) is 43.4 cm³/mol. The Morgan fingerprint density at radius 2 is 2.00 bits per heavy atom. The monoisotopic (exact) mass is 160 g/mol. The number of hydrogen-bond acceptors (Lipinski definition) is 3. The lowest BCUT2D eigenvalue weighted by Gasteiger charge is -2.19. The van der Waals surface area contributed by atoms with Crippen LogP contribution in [0.3, 0.4) is 0 Å². The van der Waals surface area contributed by atoms with Crippen molar-refractivity contribution in [3.05, 3.63) is 0 Å². The van der Waals surface area contributed by atoms with Gasteiger partial charge in [-0.2, -0.15) is 0 Å². The molecule has 0 aliphatic heterocycles. The maximum Gasteiger partial charge on any atom is 0.321 e. The van der Waals surface area contributed by atoms with Gasteiger partial charge in [-0.3, -0.25) is 4.79 Å². The van der Waals surface area contributed by atoms with Gasteiger partial charge in [0, 0.05) is 6.54 Å². The Morgan fingerprint density at radius 1 is 1.55 bits per heavy atom. The summed E-state index contributed by atoms with van der Waals surface area (Å²) in [6.45, 7) is 6.09. The van der Waals surface area contributed by atoms with Gasteiger partial charge in [0.15, 0.2) is 0 Å². The van der Waals surface area contributed by atoms with Crippen LogP contribution in [-0.4, -0.2) is 41.7 Å². The second-order valence-corrected chi connectivity index (χ2v) is 2.43. The summed E-state index contributed by atoms with van der Waals surface area (Å²) in [6.07, 6.45) is 0. The topological polar surface area (TPSA) is 66.6 Å². The Kier molecular flexibility index (Phi) is 4.81. The van der Waals surface area contributed by atoms with Gasteiger partial charge in [0.25, 0.3) is 0 Å². The molecule has 0 fully saturated rings. The number of carboxylic acid groups (broad SMARTS) is 1. The number of likely N-dealkylation sites (N-methyl/N-ethyl adjacent to an activating group) is 1. The van der Waals surface area contributed by atoms with E-state index in [1.165, 1.54) is 0 Å². The van der Waals surface area contributed by atoms with E-state index in [0.717, 1.165) is 13.1 Å². The Labute approximate surface area is 67.0 Å². The molecule has 0 saturated carbocycles. The van der Waals surface area contributed by atoms with E-state index in [9.17, 15) is 4.79 Å². The third kappa shape index (κ3) is 3.95. The zero-order chi connectivity index (χ0) is 8.85. The molecule has 0 bridgehead atoms. The molecule has 11 heavy (non-hydrogen) atoms. The van der Waals surface area contributed by atoms with Gasteiger partial charge in [0.05, 0.1) is 0 Å². The number of rotatable bonds is 5. The van der Waals surface area contributed by atoms with E-state index < -0.39 is 12.0 Å². The van der Waals surface area contributed by atoms with Crippen molar-refractivity contribution in [2.45, 2.75) is 19.9 Å². The van der Waals surface area contributed by atoms with E-state index in [0.29, 0.717) is 6.54 Å². The molecule has 0 aliphatic carbocycles. The molecular formula is C7H16N2O2. The number of nitrogens with zero attached hydrogens (tertiary/aromatic N) is 1. The minimum atomic E-state index is -0.933. The van der Waals surface area contributed by atoms with Gasteiger partial charge in [-0.1, -0.05) is 13.8 Å². The van der Waals surface area contributed by atoms with Crippen molar-refractivity contribution in [1.29, 1.82) is 0 Å². The highest BCUT2D eigenvalue weighted by Crippen LogP contribution is 1.89. The number of nitrogens with two attached hydrogens (primary N) is 1. The van der Waals surface area contributed by atoms with Crippen LogP contribution in [0, 0.1) is 0 Å². The molecule has 0 saturated heterocycles. The quantitative estimate of drug-likeness (QED) is 0.581. The summed E-state index contributed by atoms with van der Waals surface area (Å²) in [7, 11) is 0. The minimum absolute atomic E-state index is 0.433. The van der Waals surface area contributed by atoms with Crippen molar-refractivity contribution in [3.63, 3.8) is 0 Å². The third-order valence-corrected chi connectivity index (χ3v) is 1.67.